The van der Waals surface area contributed by atoms with Crippen molar-refractivity contribution in [1.82, 2.24) is 19.9 Å². The second-order valence-electron chi connectivity index (χ2n) is 7.56. The first kappa shape index (κ1) is 20.3. The van der Waals surface area contributed by atoms with Crippen molar-refractivity contribution in [2.24, 2.45) is 0 Å². The number of hydrogen-bond donors (Lipinski definition) is 2. The van der Waals surface area contributed by atoms with E-state index in [-0.39, 0.29) is 5.91 Å². The molecular formula is C26H20N6O. The van der Waals surface area contributed by atoms with Gasteiger partial charge < -0.3 is 10.6 Å². The van der Waals surface area contributed by atoms with E-state index < -0.39 is 0 Å². The molecule has 0 bridgehead atoms. The molecule has 2 N–H and O–H groups in total. The summed E-state index contributed by atoms with van der Waals surface area (Å²) < 4.78 is 0. The summed E-state index contributed by atoms with van der Waals surface area (Å²) in [5, 5.41) is 7.04. The maximum Gasteiger partial charge on any atom is 0.227 e. The Morgan fingerprint density at radius 3 is 2.18 bits per heavy atom. The average molecular weight is 432 g/mol. The lowest BCUT2D eigenvalue weighted by Gasteiger charge is -2.12. The molecule has 0 radical (unpaired) electrons. The largest absolute Gasteiger partial charge is 0.326 e. The molecule has 2 aromatic carbocycles. The maximum atomic E-state index is 11.6. The van der Waals surface area contributed by atoms with E-state index in [1.807, 2.05) is 66.9 Å². The van der Waals surface area contributed by atoms with Gasteiger partial charge in [-0.3, -0.25) is 14.8 Å². The van der Waals surface area contributed by atoms with Crippen molar-refractivity contribution < 1.29 is 4.79 Å². The number of amides is 1. The second kappa shape index (κ2) is 8.84. The highest BCUT2D eigenvalue weighted by molar-refractivity contribution is 5.91. The normalized spacial score (nSPS) is 10.7. The van der Waals surface area contributed by atoms with Crippen LogP contribution in [0.15, 0.2) is 91.6 Å². The van der Waals surface area contributed by atoms with Gasteiger partial charge in [0, 0.05) is 65.8 Å². The molecule has 1 amide bonds. The number of pyridine rings is 2. The van der Waals surface area contributed by atoms with Gasteiger partial charge in [-0.15, -0.1) is 0 Å². The van der Waals surface area contributed by atoms with Crippen molar-refractivity contribution in [3.63, 3.8) is 0 Å². The van der Waals surface area contributed by atoms with Crippen LogP contribution in [0, 0.1) is 0 Å². The van der Waals surface area contributed by atoms with Crippen molar-refractivity contribution in [2.75, 3.05) is 10.6 Å². The fraction of sp³-hybridized carbons (Fsp3) is 0.0385. The van der Waals surface area contributed by atoms with E-state index in [1.165, 1.54) is 6.92 Å². The monoisotopic (exact) mass is 432 g/mol. The minimum Gasteiger partial charge on any atom is -0.326 e. The number of fused-ring (bicyclic) bond motifs is 1. The van der Waals surface area contributed by atoms with Gasteiger partial charge in [-0.05, 0) is 53.6 Å². The van der Waals surface area contributed by atoms with Crippen molar-refractivity contribution in [2.45, 2.75) is 6.92 Å². The fourth-order valence-corrected chi connectivity index (χ4v) is 3.61. The number of nitrogens with one attached hydrogen (secondary N) is 2. The average Bonchev–Trinajstić information content (AvgIpc) is 2.84. The summed E-state index contributed by atoms with van der Waals surface area (Å²) in [6.45, 7) is 1.48. The van der Waals surface area contributed by atoms with Crippen LogP contribution >= 0.6 is 0 Å². The van der Waals surface area contributed by atoms with Crippen molar-refractivity contribution >= 4 is 34.1 Å². The number of anilines is 3. The van der Waals surface area contributed by atoms with Gasteiger partial charge in [0.25, 0.3) is 0 Å². The number of carbonyl (C=O) groups excluding carboxylic acids is 1. The summed E-state index contributed by atoms with van der Waals surface area (Å²) in [5.74, 6) is 0.324. The molecule has 0 fully saturated rings. The summed E-state index contributed by atoms with van der Waals surface area (Å²) in [6, 6.07) is 19.6. The fourth-order valence-electron chi connectivity index (χ4n) is 3.61. The molecule has 7 nitrogen and oxygen atoms in total. The van der Waals surface area contributed by atoms with Crippen molar-refractivity contribution in [3.05, 3.63) is 91.6 Å². The lowest BCUT2D eigenvalue weighted by atomic mass is 10.1. The van der Waals surface area contributed by atoms with E-state index in [0.29, 0.717) is 11.6 Å². The summed E-state index contributed by atoms with van der Waals surface area (Å²) >= 11 is 0. The van der Waals surface area contributed by atoms with Crippen LogP contribution in [0.4, 0.5) is 17.3 Å². The molecule has 0 aliphatic heterocycles. The Morgan fingerprint density at radius 1 is 0.758 bits per heavy atom. The van der Waals surface area contributed by atoms with Gasteiger partial charge in [-0.25, -0.2) is 9.97 Å². The highest BCUT2D eigenvalue weighted by Gasteiger charge is 2.08. The molecule has 0 saturated heterocycles. The highest BCUT2D eigenvalue weighted by atomic mass is 16.1. The zero-order valence-electron chi connectivity index (χ0n) is 17.9. The molecular weight excluding hydrogens is 412 g/mol. The van der Waals surface area contributed by atoms with Crippen LogP contribution in [0.5, 0.6) is 0 Å². The van der Waals surface area contributed by atoms with Gasteiger partial charge in [-0.1, -0.05) is 18.2 Å². The van der Waals surface area contributed by atoms with Crippen molar-refractivity contribution in [1.29, 1.82) is 0 Å². The Labute approximate surface area is 190 Å². The van der Waals surface area contributed by atoms with Gasteiger partial charge >= 0.3 is 0 Å². The third kappa shape index (κ3) is 4.67. The predicted octanol–water partition coefficient (Wildman–Crippen LogP) is 5.46. The van der Waals surface area contributed by atoms with Gasteiger partial charge in [0.1, 0.15) is 0 Å². The van der Waals surface area contributed by atoms with Gasteiger partial charge in [0.15, 0.2) is 0 Å². The number of aromatic nitrogens is 4. The van der Waals surface area contributed by atoms with E-state index in [0.717, 1.165) is 38.8 Å². The van der Waals surface area contributed by atoms with Crippen LogP contribution in [0.1, 0.15) is 6.92 Å². The number of rotatable bonds is 5. The second-order valence-corrected chi connectivity index (χ2v) is 7.56. The van der Waals surface area contributed by atoms with Crippen molar-refractivity contribution in [3.8, 4) is 22.3 Å². The first-order chi connectivity index (χ1) is 16.1. The van der Waals surface area contributed by atoms with Crippen LogP contribution in [0.2, 0.25) is 0 Å². The molecule has 5 aromatic rings. The zero-order chi connectivity index (χ0) is 22.6. The zero-order valence-corrected chi connectivity index (χ0v) is 17.9. The smallest absolute Gasteiger partial charge is 0.227 e. The molecule has 3 aromatic heterocycles. The third-order valence-electron chi connectivity index (χ3n) is 5.08. The highest BCUT2D eigenvalue weighted by Crippen LogP contribution is 2.29. The molecule has 5 rings (SSSR count). The first-order valence-corrected chi connectivity index (χ1v) is 10.4. The van der Waals surface area contributed by atoms with Crippen LogP contribution < -0.4 is 10.6 Å². The van der Waals surface area contributed by atoms with Crippen LogP contribution in [-0.4, -0.2) is 25.8 Å². The lowest BCUT2D eigenvalue weighted by Crippen LogP contribution is -2.06. The first-order valence-electron chi connectivity index (χ1n) is 10.4. The number of hydrogen-bond acceptors (Lipinski definition) is 6. The molecule has 160 valence electrons. The minimum atomic E-state index is -0.143. The van der Waals surface area contributed by atoms with Crippen LogP contribution in [0.3, 0.4) is 0 Å². The molecule has 0 aliphatic rings. The molecule has 0 aliphatic carbocycles. The Balaban J connectivity index is 1.47. The lowest BCUT2D eigenvalue weighted by molar-refractivity contribution is -0.114. The number of benzene rings is 2. The quantitative estimate of drug-likeness (QED) is 0.383. The number of nitrogens with zero attached hydrogens (tertiary/aromatic N) is 4. The predicted molar refractivity (Wildman–Crippen MR) is 130 cm³/mol. The maximum absolute atomic E-state index is 11.6. The summed E-state index contributed by atoms with van der Waals surface area (Å²) in [7, 11) is 0. The Kier molecular flexibility index (Phi) is 5.43. The standard InChI is InChI=1S/C26H20N6O/c1-17(33)30-23-11-21(20-5-3-9-28-15-20)12-24(13-23)31-26-29-16-22-10-18(6-7-25(22)32-26)19-4-2-8-27-14-19/h2-16H,1H3,(H,30,33)(H,29,31,32). The van der Waals surface area contributed by atoms with Crippen LogP contribution in [-0.2, 0) is 4.79 Å². The SMILES string of the molecule is CC(=O)Nc1cc(Nc2ncc3cc(-c4cccnc4)ccc3n2)cc(-c2cccnc2)c1. The summed E-state index contributed by atoms with van der Waals surface area (Å²) in [4.78, 5) is 29.2. The number of carbonyl (C=O) groups is 1. The molecule has 33 heavy (non-hydrogen) atoms. The molecule has 0 saturated carbocycles. The van der Waals surface area contributed by atoms with Gasteiger partial charge in [0.05, 0.1) is 5.52 Å². The van der Waals surface area contributed by atoms with E-state index in [9.17, 15) is 4.79 Å². The molecule has 0 atom stereocenters. The van der Waals surface area contributed by atoms with E-state index in [4.69, 9.17) is 0 Å². The van der Waals surface area contributed by atoms with E-state index in [1.54, 1.807) is 24.8 Å². The van der Waals surface area contributed by atoms with E-state index in [2.05, 4.69) is 30.6 Å². The molecule has 0 unspecified atom stereocenters. The topological polar surface area (TPSA) is 92.7 Å². The van der Waals surface area contributed by atoms with Gasteiger partial charge in [0.2, 0.25) is 11.9 Å². The Morgan fingerprint density at radius 2 is 1.48 bits per heavy atom. The molecule has 7 heteroatoms. The molecule has 3 heterocycles. The summed E-state index contributed by atoms with van der Waals surface area (Å²) in [5.41, 5.74) is 6.21. The van der Waals surface area contributed by atoms with Gasteiger partial charge in [-0.2, -0.15) is 0 Å². The molecule has 0 spiro atoms. The Bertz CT molecular complexity index is 1440. The third-order valence-corrected chi connectivity index (χ3v) is 5.08. The van der Waals surface area contributed by atoms with E-state index >= 15 is 0 Å². The minimum absolute atomic E-state index is 0.143. The summed E-state index contributed by atoms with van der Waals surface area (Å²) in [6.07, 6.45) is 8.89. The Hall–Kier alpha value is -4.65. The van der Waals surface area contributed by atoms with Crippen LogP contribution in [0.25, 0.3) is 33.2 Å².